The van der Waals surface area contributed by atoms with Gasteiger partial charge in [-0.05, 0) is 18.2 Å². The molecule has 0 aliphatic carbocycles. The summed E-state index contributed by atoms with van der Waals surface area (Å²) in [6.45, 7) is 3.28. The molecular weight excluding hydrogens is 344 g/mol. The van der Waals surface area contributed by atoms with Crippen LogP contribution in [0, 0.1) is 0 Å². The maximum absolute atomic E-state index is 5.24. The van der Waals surface area contributed by atoms with Gasteiger partial charge in [0.2, 0.25) is 11.9 Å². The minimum atomic E-state index is 0.453. The Labute approximate surface area is 157 Å². The summed E-state index contributed by atoms with van der Waals surface area (Å²) < 4.78 is 5.24. The lowest BCUT2D eigenvalue weighted by Gasteiger charge is -2.35. The van der Waals surface area contributed by atoms with Crippen LogP contribution in [0.25, 0.3) is 0 Å². The maximum atomic E-state index is 5.24. The SMILES string of the molecule is COc1cccc(Nc2nncc(N3CCN(c4ncccn4)CC3)n2)c1. The summed E-state index contributed by atoms with van der Waals surface area (Å²) in [5.41, 5.74) is 0.847. The molecule has 0 atom stereocenters. The second-order valence-electron chi connectivity index (χ2n) is 6.02. The van der Waals surface area contributed by atoms with E-state index in [0.717, 1.165) is 49.4 Å². The first-order valence-electron chi connectivity index (χ1n) is 8.69. The average Bonchev–Trinajstić information content (AvgIpc) is 2.75. The molecule has 0 bridgehead atoms. The van der Waals surface area contributed by atoms with Gasteiger partial charge in [-0.3, -0.25) is 0 Å². The van der Waals surface area contributed by atoms with Crippen molar-refractivity contribution in [2.24, 2.45) is 0 Å². The second kappa shape index (κ2) is 7.81. The average molecular weight is 364 g/mol. The molecule has 9 heteroatoms. The molecule has 9 nitrogen and oxygen atoms in total. The van der Waals surface area contributed by atoms with E-state index in [4.69, 9.17) is 4.74 Å². The lowest BCUT2D eigenvalue weighted by Crippen LogP contribution is -2.47. The molecule has 2 aromatic heterocycles. The maximum Gasteiger partial charge on any atom is 0.249 e. The number of rotatable bonds is 5. The van der Waals surface area contributed by atoms with Crippen LogP contribution in [0.1, 0.15) is 0 Å². The Morgan fingerprint density at radius 1 is 1.00 bits per heavy atom. The molecule has 1 aliphatic rings. The number of aromatic nitrogens is 5. The Kier molecular flexibility index (Phi) is 4.91. The number of nitrogens with zero attached hydrogens (tertiary/aromatic N) is 7. The predicted molar refractivity (Wildman–Crippen MR) is 103 cm³/mol. The highest BCUT2D eigenvalue weighted by molar-refractivity contribution is 5.56. The van der Waals surface area contributed by atoms with Gasteiger partial charge in [-0.25, -0.2) is 9.97 Å². The van der Waals surface area contributed by atoms with Crippen LogP contribution in [0.15, 0.2) is 48.9 Å². The van der Waals surface area contributed by atoms with E-state index in [1.165, 1.54) is 0 Å². The molecule has 138 valence electrons. The largest absolute Gasteiger partial charge is 0.497 e. The van der Waals surface area contributed by atoms with Gasteiger partial charge in [-0.1, -0.05) is 6.07 Å². The van der Waals surface area contributed by atoms with E-state index in [1.54, 1.807) is 25.7 Å². The van der Waals surface area contributed by atoms with E-state index in [0.29, 0.717) is 5.95 Å². The third kappa shape index (κ3) is 4.02. The normalized spacial score (nSPS) is 14.1. The molecule has 0 radical (unpaired) electrons. The molecule has 0 unspecified atom stereocenters. The summed E-state index contributed by atoms with van der Waals surface area (Å²) in [5.74, 6) is 2.78. The van der Waals surface area contributed by atoms with Gasteiger partial charge in [-0.15, -0.1) is 5.10 Å². The first-order chi connectivity index (χ1) is 13.3. The Hall–Kier alpha value is -3.49. The van der Waals surface area contributed by atoms with Crippen molar-refractivity contribution in [2.75, 3.05) is 48.4 Å². The van der Waals surface area contributed by atoms with E-state index < -0.39 is 0 Å². The van der Waals surface area contributed by atoms with Crippen molar-refractivity contribution in [3.8, 4) is 5.75 Å². The molecular formula is C18H20N8O. The first-order valence-corrected chi connectivity index (χ1v) is 8.69. The summed E-state index contributed by atoms with van der Waals surface area (Å²) in [6, 6.07) is 9.43. The van der Waals surface area contributed by atoms with Crippen LogP contribution in [0.2, 0.25) is 0 Å². The van der Waals surface area contributed by atoms with Crippen LogP contribution in [0.3, 0.4) is 0 Å². The third-order valence-electron chi connectivity index (χ3n) is 4.31. The molecule has 0 spiro atoms. The topological polar surface area (TPSA) is 92.2 Å². The number of benzene rings is 1. The van der Waals surface area contributed by atoms with Gasteiger partial charge in [0.05, 0.1) is 13.3 Å². The molecule has 1 fully saturated rings. The third-order valence-corrected chi connectivity index (χ3v) is 4.31. The zero-order chi connectivity index (χ0) is 18.5. The monoisotopic (exact) mass is 364 g/mol. The fourth-order valence-electron chi connectivity index (χ4n) is 2.92. The van der Waals surface area contributed by atoms with Gasteiger partial charge < -0.3 is 19.9 Å². The van der Waals surface area contributed by atoms with Crippen molar-refractivity contribution >= 4 is 23.4 Å². The lowest BCUT2D eigenvalue weighted by molar-refractivity contribution is 0.415. The van der Waals surface area contributed by atoms with Crippen molar-refractivity contribution < 1.29 is 4.74 Å². The Morgan fingerprint density at radius 2 is 1.78 bits per heavy atom. The molecule has 1 N–H and O–H groups in total. The van der Waals surface area contributed by atoms with Crippen molar-refractivity contribution in [1.29, 1.82) is 0 Å². The number of ether oxygens (including phenoxy) is 1. The van der Waals surface area contributed by atoms with Gasteiger partial charge in [-0.2, -0.15) is 10.1 Å². The van der Waals surface area contributed by atoms with Crippen molar-refractivity contribution in [2.45, 2.75) is 0 Å². The Balaban J connectivity index is 1.42. The summed E-state index contributed by atoms with van der Waals surface area (Å²) >= 11 is 0. The fraction of sp³-hybridized carbons (Fsp3) is 0.278. The summed E-state index contributed by atoms with van der Waals surface area (Å²) in [4.78, 5) is 17.6. The molecule has 1 aliphatic heterocycles. The summed E-state index contributed by atoms with van der Waals surface area (Å²) in [5, 5.41) is 11.3. The predicted octanol–water partition coefficient (Wildman–Crippen LogP) is 1.74. The molecule has 0 saturated carbocycles. The number of hydrogen-bond acceptors (Lipinski definition) is 9. The van der Waals surface area contributed by atoms with Crippen LogP contribution in [-0.2, 0) is 0 Å². The highest BCUT2D eigenvalue weighted by Crippen LogP contribution is 2.21. The van der Waals surface area contributed by atoms with E-state index in [9.17, 15) is 0 Å². The van der Waals surface area contributed by atoms with Gasteiger partial charge in [0.1, 0.15) is 5.75 Å². The molecule has 27 heavy (non-hydrogen) atoms. The lowest BCUT2D eigenvalue weighted by atomic mass is 10.3. The van der Waals surface area contributed by atoms with E-state index >= 15 is 0 Å². The molecule has 0 amide bonds. The second-order valence-corrected chi connectivity index (χ2v) is 6.02. The van der Waals surface area contributed by atoms with Crippen LogP contribution >= 0.6 is 0 Å². The number of nitrogens with one attached hydrogen (secondary N) is 1. The zero-order valence-electron chi connectivity index (χ0n) is 15.0. The molecule has 3 aromatic rings. The standard InChI is InChI=1S/C18H20N8O/c1-27-15-5-2-4-14(12-15)22-17-23-16(13-21-24-17)25-8-10-26(11-9-25)18-19-6-3-7-20-18/h2-7,12-13H,8-11H2,1H3,(H,22,23,24). The zero-order valence-corrected chi connectivity index (χ0v) is 15.0. The van der Waals surface area contributed by atoms with E-state index in [-0.39, 0.29) is 0 Å². The molecule has 4 rings (SSSR count). The van der Waals surface area contributed by atoms with Crippen LogP contribution < -0.4 is 19.9 Å². The summed E-state index contributed by atoms with van der Waals surface area (Å²) in [6.07, 6.45) is 5.21. The number of methoxy groups -OCH3 is 1. The number of anilines is 4. The van der Waals surface area contributed by atoms with Crippen molar-refractivity contribution in [1.82, 2.24) is 25.1 Å². The van der Waals surface area contributed by atoms with Crippen LogP contribution in [-0.4, -0.2) is 58.4 Å². The summed E-state index contributed by atoms with van der Waals surface area (Å²) in [7, 11) is 1.64. The minimum absolute atomic E-state index is 0.453. The quantitative estimate of drug-likeness (QED) is 0.726. The minimum Gasteiger partial charge on any atom is -0.497 e. The fourth-order valence-corrected chi connectivity index (χ4v) is 2.92. The molecule has 1 saturated heterocycles. The Bertz CT molecular complexity index is 883. The Morgan fingerprint density at radius 3 is 2.56 bits per heavy atom. The molecule has 3 heterocycles. The molecule has 1 aromatic carbocycles. The van der Waals surface area contributed by atoms with Crippen molar-refractivity contribution in [3.05, 3.63) is 48.9 Å². The van der Waals surface area contributed by atoms with Crippen LogP contribution in [0.5, 0.6) is 5.75 Å². The first kappa shape index (κ1) is 17.0. The highest BCUT2D eigenvalue weighted by atomic mass is 16.5. The highest BCUT2D eigenvalue weighted by Gasteiger charge is 2.20. The van der Waals surface area contributed by atoms with E-state index in [2.05, 4.69) is 40.3 Å². The van der Waals surface area contributed by atoms with Gasteiger partial charge in [0, 0.05) is 50.3 Å². The van der Waals surface area contributed by atoms with Crippen LogP contribution in [0.4, 0.5) is 23.4 Å². The van der Waals surface area contributed by atoms with E-state index in [1.807, 2.05) is 30.3 Å². The van der Waals surface area contributed by atoms with Gasteiger partial charge in [0.25, 0.3) is 0 Å². The van der Waals surface area contributed by atoms with Crippen molar-refractivity contribution in [3.63, 3.8) is 0 Å². The number of hydrogen-bond donors (Lipinski definition) is 1. The van der Waals surface area contributed by atoms with Gasteiger partial charge in [0.15, 0.2) is 5.82 Å². The smallest absolute Gasteiger partial charge is 0.249 e. The number of piperazine rings is 1. The van der Waals surface area contributed by atoms with Gasteiger partial charge >= 0.3 is 0 Å².